The van der Waals surface area contributed by atoms with Gasteiger partial charge in [-0.2, -0.15) is 18.2 Å². The second-order valence-electron chi connectivity index (χ2n) is 8.51. The normalized spacial score (nSPS) is 17.8. The van der Waals surface area contributed by atoms with E-state index in [1.165, 1.54) is 11.9 Å². The van der Waals surface area contributed by atoms with Crippen LogP contribution >= 0.6 is 0 Å². The zero-order chi connectivity index (χ0) is 25.5. The fraction of sp³-hybridized carbons (Fsp3) is 0.333. The van der Waals surface area contributed by atoms with E-state index in [2.05, 4.69) is 20.6 Å². The van der Waals surface area contributed by atoms with Crippen molar-refractivity contribution in [1.82, 2.24) is 20.2 Å². The molecule has 2 amide bonds. The molecule has 0 bridgehead atoms. The molecule has 11 heteroatoms. The van der Waals surface area contributed by atoms with E-state index in [9.17, 15) is 22.8 Å². The summed E-state index contributed by atoms with van der Waals surface area (Å²) in [4.78, 5) is 33.8. The van der Waals surface area contributed by atoms with Crippen molar-refractivity contribution in [3.05, 3.63) is 64.1 Å². The third-order valence-corrected chi connectivity index (χ3v) is 6.02. The summed E-state index contributed by atoms with van der Waals surface area (Å²) in [5.41, 5.74) is 1.56. The Morgan fingerprint density at radius 1 is 1.29 bits per heavy atom. The number of nitrogens with one attached hydrogen (secondary N) is 2. The molecule has 1 atom stereocenters. The molecule has 0 saturated heterocycles. The van der Waals surface area contributed by atoms with Gasteiger partial charge in [0.15, 0.2) is 0 Å². The Bertz CT molecular complexity index is 1270. The molecule has 1 unspecified atom stereocenters. The molecule has 0 spiro atoms. The van der Waals surface area contributed by atoms with Crippen LogP contribution < -0.4 is 15.4 Å². The molecule has 184 valence electrons. The number of aromatic nitrogens is 2. The van der Waals surface area contributed by atoms with Crippen LogP contribution in [0.25, 0.3) is 0 Å². The highest BCUT2D eigenvalue weighted by atomic mass is 19.4. The van der Waals surface area contributed by atoms with E-state index < -0.39 is 17.6 Å². The molecule has 35 heavy (non-hydrogen) atoms. The van der Waals surface area contributed by atoms with Gasteiger partial charge in [0.05, 0.1) is 5.57 Å². The summed E-state index contributed by atoms with van der Waals surface area (Å²) in [7, 11) is 3.15. The van der Waals surface area contributed by atoms with E-state index >= 15 is 0 Å². The van der Waals surface area contributed by atoms with Crippen molar-refractivity contribution < 1.29 is 27.5 Å². The molecular weight excluding hydrogens is 463 g/mol. The van der Waals surface area contributed by atoms with E-state index in [-0.39, 0.29) is 35.0 Å². The number of amides is 2. The van der Waals surface area contributed by atoms with Gasteiger partial charge >= 0.3 is 6.18 Å². The van der Waals surface area contributed by atoms with Crippen LogP contribution in [-0.2, 0) is 11.0 Å². The van der Waals surface area contributed by atoms with Crippen LogP contribution in [0.1, 0.15) is 34.8 Å². The molecule has 1 aromatic carbocycles. The molecule has 1 aromatic heterocycles. The monoisotopic (exact) mass is 487 g/mol. The number of ether oxygens (including phenoxy) is 1. The summed E-state index contributed by atoms with van der Waals surface area (Å²) in [5, 5.41) is 5.40. The van der Waals surface area contributed by atoms with Crippen molar-refractivity contribution in [1.29, 1.82) is 0 Å². The third kappa shape index (κ3) is 4.71. The van der Waals surface area contributed by atoms with Crippen molar-refractivity contribution in [2.45, 2.75) is 26.4 Å². The van der Waals surface area contributed by atoms with Gasteiger partial charge in [-0.1, -0.05) is 6.92 Å². The smallest absolute Gasteiger partial charge is 0.423 e. The van der Waals surface area contributed by atoms with Gasteiger partial charge in [-0.15, -0.1) is 0 Å². The molecule has 2 aromatic rings. The maximum atomic E-state index is 13.7. The zero-order valence-electron chi connectivity index (χ0n) is 19.6. The molecule has 0 saturated carbocycles. The summed E-state index contributed by atoms with van der Waals surface area (Å²) in [6.07, 6.45) is -1.97. The Balaban J connectivity index is 1.67. The van der Waals surface area contributed by atoms with Gasteiger partial charge in [-0.3, -0.25) is 9.59 Å². The minimum absolute atomic E-state index is 0.0636. The van der Waals surface area contributed by atoms with Gasteiger partial charge in [0.1, 0.15) is 11.3 Å². The highest BCUT2D eigenvalue weighted by Crippen LogP contribution is 2.40. The number of carbonyl (C=O) groups excluding carboxylic acids is 2. The average Bonchev–Trinajstić information content (AvgIpc) is 3.11. The fourth-order valence-electron chi connectivity index (χ4n) is 4.03. The van der Waals surface area contributed by atoms with E-state index in [4.69, 9.17) is 4.74 Å². The van der Waals surface area contributed by atoms with Crippen LogP contribution in [0.4, 0.5) is 24.8 Å². The van der Waals surface area contributed by atoms with E-state index in [1.807, 2.05) is 6.92 Å². The van der Waals surface area contributed by atoms with Gasteiger partial charge in [-0.05, 0) is 54.7 Å². The Kier molecular flexibility index (Phi) is 6.27. The quantitative estimate of drug-likeness (QED) is 0.663. The summed E-state index contributed by atoms with van der Waals surface area (Å²) >= 11 is 0. The predicted octanol–water partition coefficient (Wildman–Crippen LogP) is 3.98. The number of hydrogen-bond donors (Lipinski definition) is 2. The lowest BCUT2D eigenvalue weighted by molar-refractivity contribution is -0.139. The number of halogens is 3. The number of hydrogen-bond acceptors (Lipinski definition) is 6. The molecule has 8 nitrogen and oxygen atoms in total. The summed E-state index contributed by atoms with van der Waals surface area (Å²) in [6.45, 7) is 4.10. The molecule has 4 rings (SSSR count). The van der Waals surface area contributed by atoms with Crippen LogP contribution in [0.2, 0.25) is 0 Å². The summed E-state index contributed by atoms with van der Waals surface area (Å²) in [6, 6.07) is 4.81. The van der Waals surface area contributed by atoms with Crippen LogP contribution in [-0.4, -0.2) is 47.3 Å². The van der Waals surface area contributed by atoms with Crippen molar-refractivity contribution in [3.8, 4) is 5.88 Å². The van der Waals surface area contributed by atoms with Gasteiger partial charge in [0, 0.05) is 38.1 Å². The Morgan fingerprint density at radius 3 is 2.69 bits per heavy atom. The SMILES string of the molecule is CNC(=O)c1ccc(Nc2ncc(C(F)(F)F)c(OC3=CCC(C)C4=C3C(=O)N(C)C4)n2)c(C)c1. The molecule has 2 N–H and O–H groups in total. The van der Waals surface area contributed by atoms with Crippen molar-refractivity contribution in [2.24, 2.45) is 5.92 Å². The molecule has 0 fully saturated rings. The number of likely N-dealkylation sites (N-methyl/N-ethyl adjacent to an activating group) is 1. The van der Waals surface area contributed by atoms with Crippen LogP contribution in [0.3, 0.4) is 0 Å². The molecule has 2 heterocycles. The lowest BCUT2D eigenvalue weighted by atomic mass is 9.89. The zero-order valence-corrected chi connectivity index (χ0v) is 19.6. The number of anilines is 2. The number of aryl methyl sites for hydroxylation is 1. The van der Waals surface area contributed by atoms with Crippen LogP contribution in [0.5, 0.6) is 5.88 Å². The largest absolute Gasteiger partial charge is 0.438 e. The molecule has 1 aliphatic heterocycles. The predicted molar refractivity (Wildman–Crippen MR) is 122 cm³/mol. The topological polar surface area (TPSA) is 96.4 Å². The number of rotatable bonds is 5. The van der Waals surface area contributed by atoms with Gasteiger partial charge in [-0.25, -0.2) is 4.98 Å². The molecule has 0 radical (unpaired) electrons. The maximum absolute atomic E-state index is 13.7. The van der Waals surface area contributed by atoms with Crippen molar-refractivity contribution in [3.63, 3.8) is 0 Å². The fourth-order valence-corrected chi connectivity index (χ4v) is 4.03. The highest BCUT2D eigenvalue weighted by Gasteiger charge is 2.40. The first-order valence-corrected chi connectivity index (χ1v) is 10.9. The number of carbonyl (C=O) groups is 2. The van der Waals surface area contributed by atoms with Crippen molar-refractivity contribution >= 4 is 23.5 Å². The van der Waals surface area contributed by atoms with E-state index in [1.54, 1.807) is 38.2 Å². The lowest BCUT2D eigenvalue weighted by Gasteiger charge is -2.21. The maximum Gasteiger partial charge on any atom is 0.423 e. The number of alkyl halides is 3. The Labute approximate surface area is 199 Å². The van der Waals surface area contributed by atoms with Crippen LogP contribution in [0.15, 0.2) is 47.4 Å². The minimum atomic E-state index is -4.77. The first-order valence-electron chi connectivity index (χ1n) is 10.9. The number of nitrogens with zero attached hydrogens (tertiary/aromatic N) is 3. The van der Waals surface area contributed by atoms with Gasteiger partial charge in [0.25, 0.3) is 11.8 Å². The first kappa shape index (κ1) is 24.2. The number of allylic oxidation sites excluding steroid dienone is 1. The second-order valence-corrected chi connectivity index (χ2v) is 8.51. The highest BCUT2D eigenvalue weighted by molar-refractivity contribution is 6.01. The Hall–Kier alpha value is -3.89. The van der Waals surface area contributed by atoms with Gasteiger partial charge in [0.2, 0.25) is 11.8 Å². The van der Waals surface area contributed by atoms with E-state index in [0.29, 0.717) is 36.0 Å². The lowest BCUT2D eigenvalue weighted by Crippen LogP contribution is -2.23. The second kappa shape index (κ2) is 9.05. The minimum Gasteiger partial charge on any atom is -0.438 e. The van der Waals surface area contributed by atoms with Crippen LogP contribution in [0, 0.1) is 12.8 Å². The molecular formula is C24H24F3N5O3. The molecule has 2 aliphatic rings. The van der Waals surface area contributed by atoms with E-state index in [0.717, 1.165) is 5.57 Å². The van der Waals surface area contributed by atoms with Gasteiger partial charge < -0.3 is 20.3 Å². The summed E-state index contributed by atoms with van der Waals surface area (Å²) < 4.78 is 46.8. The molecule has 1 aliphatic carbocycles. The number of benzene rings is 1. The summed E-state index contributed by atoms with van der Waals surface area (Å²) in [5.74, 6) is -1.25. The standard InChI is InChI=1S/C24H24F3N5O3/c1-12-5-8-18(19-15(12)11-32(4)22(19)34)35-21-16(24(25,26)27)10-29-23(31-21)30-17-7-6-14(9-13(17)2)20(33)28-3/h6-10,12H,5,11H2,1-4H3,(H,28,33)(H,29,30,31). The average molecular weight is 487 g/mol. The third-order valence-electron chi connectivity index (χ3n) is 6.02. The first-order chi connectivity index (χ1) is 16.5. The van der Waals surface area contributed by atoms with Crippen molar-refractivity contribution in [2.75, 3.05) is 26.0 Å². The Morgan fingerprint density at radius 2 is 2.03 bits per heavy atom.